The van der Waals surface area contributed by atoms with Gasteiger partial charge in [-0.2, -0.15) is 0 Å². The summed E-state index contributed by atoms with van der Waals surface area (Å²) in [6.07, 6.45) is -0.291. The van der Waals surface area contributed by atoms with Gasteiger partial charge in [0, 0.05) is 6.61 Å². The van der Waals surface area contributed by atoms with Crippen LogP contribution in [0.3, 0.4) is 0 Å². The van der Waals surface area contributed by atoms with E-state index in [-0.39, 0.29) is 13.0 Å². The second-order valence-corrected chi connectivity index (χ2v) is 3.94. The lowest BCUT2D eigenvalue weighted by molar-refractivity contribution is -0.158. The highest BCUT2D eigenvalue weighted by Gasteiger charge is 2.83. The lowest BCUT2D eigenvalue weighted by Gasteiger charge is -2.25. The van der Waals surface area contributed by atoms with Crippen molar-refractivity contribution >= 4 is 5.97 Å². The summed E-state index contributed by atoms with van der Waals surface area (Å²) in [5.41, 5.74) is -3.14. The monoisotopic (exact) mass is 192 g/mol. The third-order valence-electron chi connectivity index (χ3n) is 3.25. The number of carboxylic acid groups (broad SMARTS) is 1. The van der Waals surface area contributed by atoms with E-state index in [1.807, 2.05) is 0 Å². The second-order valence-electron chi connectivity index (χ2n) is 3.94. The van der Waals surface area contributed by atoms with Crippen LogP contribution in [0.5, 0.6) is 0 Å². The Morgan fingerprint density at radius 3 is 2.38 bits per heavy atom. The van der Waals surface area contributed by atoms with Crippen LogP contribution in [0.1, 0.15) is 19.8 Å². The van der Waals surface area contributed by atoms with Gasteiger partial charge in [0.2, 0.25) is 0 Å². The molecule has 2 fully saturated rings. The molecule has 1 saturated carbocycles. The topological polar surface area (TPSA) is 46.5 Å². The van der Waals surface area contributed by atoms with Crippen molar-refractivity contribution in [3.8, 4) is 0 Å². The fraction of sp³-hybridized carbons (Fsp3) is 0.875. The maximum absolute atomic E-state index is 13.0. The van der Waals surface area contributed by atoms with Crippen LogP contribution in [0, 0.1) is 5.41 Å². The van der Waals surface area contributed by atoms with Gasteiger partial charge in [-0.3, -0.25) is 4.79 Å². The molecule has 1 saturated heterocycles. The molecule has 3 nitrogen and oxygen atoms in total. The van der Waals surface area contributed by atoms with Gasteiger partial charge in [-0.1, -0.05) is 0 Å². The van der Waals surface area contributed by atoms with E-state index in [4.69, 9.17) is 9.84 Å². The number of rotatable bonds is 1. The van der Waals surface area contributed by atoms with Crippen molar-refractivity contribution in [2.45, 2.75) is 31.3 Å². The van der Waals surface area contributed by atoms with Gasteiger partial charge in [-0.05, 0) is 13.3 Å². The first kappa shape index (κ1) is 8.87. The van der Waals surface area contributed by atoms with Crippen LogP contribution in [0.15, 0.2) is 0 Å². The molecule has 1 heterocycles. The second kappa shape index (κ2) is 2.03. The molecule has 2 aliphatic rings. The molecular weight excluding hydrogens is 182 g/mol. The Hall–Kier alpha value is -0.710. The van der Waals surface area contributed by atoms with Gasteiger partial charge < -0.3 is 9.84 Å². The molecule has 1 aliphatic carbocycles. The van der Waals surface area contributed by atoms with Gasteiger partial charge in [0.05, 0.1) is 6.42 Å². The van der Waals surface area contributed by atoms with Crippen LogP contribution in [0.2, 0.25) is 0 Å². The van der Waals surface area contributed by atoms with E-state index in [1.54, 1.807) is 0 Å². The zero-order valence-corrected chi connectivity index (χ0v) is 7.14. The third kappa shape index (κ3) is 0.782. The first-order valence-corrected chi connectivity index (χ1v) is 4.11. The SMILES string of the molecule is CC1(C(=O)O)CCOC12CC2(F)F. The van der Waals surface area contributed by atoms with Crippen LogP contribution in [0.4, 0.5) is 8.78 Å². The molecule has 0 aromatic rings. The van der Waals surface area contributed by atoms with Crippen molar-refractivity contribution < 1.29 is 23.4 Å². The summed E-state index contributed by atoms with van der Waals surface area (Å²) < 4.78 is 30.8. The third-order valence-corrected chi connectivity index (χ3v) is 3.25. The molecule has 13 heavy (non-hydrogen) atoms. The average molecular weight is 192 g/mol. The molecule has 1 aliphatic heterocycles. The highest BCUT2D eigenvalue weighted by molar-refractivity contribution is 5.78. The molecule has 5 heteroatoms. The Morgan fingerprint density at radius 1 is 1.54 bits per heavy atom. The predicted molar refractivity (Wildman–Crippen MR) is 38.6 cm³/mol. The van der Waals surface area contributed by atoms with Gasteiger partial charge in [-0.15, -0.1) is 0 Å². The van der Waals surface area contributed by atoms with Gasteiger partial charge in [0.25, 0.3) is 5.92 Å². The largest absolute Gasteiger partial charge is 0.481 e. The zero-order valence-electron chi connectivity index (χ0n) is 7.14. The molecule has 0 amide bonds. The standard InChI is InChI=1S/C8H10F2O3/c1-6(5(11)12)2-3-13-7(6)4-8(7,9)10/h2-4H2,1H3,(H,11,12). The lowest BCUT2D eigenvalue weighted by Crippen LogP contribution is -2.41. The molecule has 0 aromatic heterocycles. The summed E-state index contributed by atoms with van der Waals surface area (Å²) in [6, 6.07) is 0. The summed E-state index contributed by atoms with van der Waals surface area (Å²) >= 11 is 0. The fourth-order valence-corrected chi connectivity index (χ4v) is 2.09. The van der Waals surface area contributed by atoms with Crippen molar-refractivity contribution in [2.75, 3.05) is 6.61 Å². The number of aliphatic carboxylic acids is 1. The van der Waals surface area contributed by atoms with Crippen LogP contribution in [-0.2, 0) is 9.53 Å². The molecule has 0 aromatic carbocycles. The van der Waals surface area contributed by atoms with Crippen molar-refractivity contribution in [3.05, 3.63) is 0 Å². The molecule has 2 rings (SSSR count). The van der Waals surface area contributed by atoms with Crippen LogP contribution >= 0.6 is 0 Å². The number of carbonyl (C=O) groups is 1. The van der Waals surface area contributed by atoms with Crippen molar-refractivity contribution in [1.82, 2.24) is 0 Å². The Bertz CT molecular complexity index is 275. The minimum absolute atomic E-state index is 0.110. The van der Waals surface area contributed by atoms with E-state index in [0.717, 1.165) is 0 Å². The summed E-state index contributed by atoms with van der Waals surface area (Å²) in [5, 5.41) is 8.87. The molecule has 2 unspecified atom stereocenters. The van der Waals surface area contributed by atoms with Gasteiger partial charge in [-0.25, -0.2) is 8.78 Å². The summed E-state index contributed by atoms with van der Waals surface area (Å²) in [6.45, 7) is 1.45. The van der Waals surface area contributed by atoms with Crippen molar-refractivity contribution in [2.24, 2.45) is 5.41 Å². The van der Waals surface area contributed by atoms with E-state index in [1.165, 1.54) is 6.92 Å². The van der Waals surface area contributed by atoms with Crippen LogP contribution in [-0.4, -0.2) is 29.2 Å². The number of halogens is 2. The number of hydrogen-bond acceptors (Lipinski definition) is 2. The van der Waals surface area contributed by atoms with E-state index >= 15 is 0 Å². The number of carboxylic acids is 1. The predicted octanol–water partition coefficient (Wildman–Crippen LogP) is 1.28. The number of hydrogen-bond donors (Lipinski definition) is 1. The number of alkyl halides is 2. The Labute approximate surface area is 73.7 Å². The maximum Gasteiger partial charge on any atom is 0.312 e. The smallest absolute Gasteiger partial charge is 0.312 e. The van der Waals surface area contributed by atoms with Gasteiger partial charge >= 0.3 is 5.97 Å². The van der Waals surface area contributed by atoms with E-state index in [0.29, 0.717) is 0 Å². The molecule has 74 valence electrons. The Balaban J connectivity index is 2.37. The van der Waals surface area contributed by atoms with Crippen LogP contribution in [0.25, 0.3) is 0 Å². The van der Waals surface area contributed by atoms with Crippen LogP contribution < -0.4 is 0 Å². The molecule has 1 spiro atoms. The lowest BCUT2D eigenvalue weighted by atomic mass is 9.81. The molecule has 0 bridgehead atoms. The van der Waals surface area contributed by atoms with E-state index in [2.05, 4.69) is 0 Å². The quantitative estimate of drug-likeness (QED) is 0.680. The maximum atomic E-state index is 13.0. The molecular formula is C8H10F2O3. The van der Waals surface area contributed by atoms with Gasteiger partial charge in [0.15, 0.2) is 5.60 Å². The minimum Gasteiger partial charge on any atom is -0.481 e. The number of ether oxygens (including phenoxy) is 1. The van der Waals surface area contributed by atoms with Crippen molar-refractivity contribution in [1.29, 1.82) is 0 Å². The van der Waals surface area contributed by atoms with E-state index < -0.39 is 29.3 Å². The first-order valence-electron chi connectivity index (χ1n) is 4.11. The molecule has 0 radical (unpaired) electrons. The normalized spacial score (nSPS) is 46.7. The molecule has 2 atom stereocenters. The highest BCUT2D eigenvalue weighted by atomic mass is 19.3. The first-order chi connectivity index (χ1) is 5.86. The molecule has 1 N–H and O–H groups in total. The van der Waals surface area contributed by atoms with Gasteiger partial charge in [0.1, 0.15) is 5.41 Å². The minimum atomic E-state index is -2.96. The fourth-order valence-electron chi connectivity index (χ4n) is 2.09. The Kier molecular flexibility index (Phi) is 1.38. The summed E-state index contributed by atoms with van der Waals surface area (Å²) in [4.78, 5) is 10.9. The average Bonchev–Trinajstić information content (AvgIpc) is 2.34. The summed E-state index contributed by atoms with van der Waals surface area (Å²) in [5.74, 6) is -4.15. The van der Waals surface area contributed by atoms with Crippen molar-refractivity contribution in [3.63, 3.8) is 0 Å². The van der Waals surface area contributed by atoms with E-state index in [9.17, 15) is 13.6 Å². The Morgan fingerprint density at radius 2 is 2.08 bits per heavy atom. The summed E-state index contributed by atoms with van der Waals surface area (Å²) in [7, 11) is 0. The highest BCUT2D eigenvalue weighted by Crippen LogP contribution is 2.67. The zero-order chi connectivity index (χ0) is 9.91.